The molecule has 2 aromatic rings. The van der Waals surface area contributed by atoms with Gasteiger partial charge in [-0.05, 0) is 81.5 Å². The molecule has 212 valence electrons. The van der Waals surface area contributed by atoms with Gasteiger partial charge >= 0.3 is 0 Å². The topological polar surface area (TPSA) is 82.1 Å². The number of nitrogens with zero attached hydrogens (tertiary/aromatic N) is 5. The number of nitrogens with two attached hydrogens (primary N) is 1. The number of hydrogen-bond donors (Lipinski definition) is 1. The fourth-order valence-corrected chi connectivity index (χ4v) is 7.01. The third kappa shape index (κ3) is 5.63. The van der Waals surface area contributed by atoms with Crippen molar-refractivity contribution in [2.24, 2.45) is 0 Å². The summed E-state index contributed by atoms with van der Waals surface area (Å²) in [6.07, 6.45) is 7.20. The van der Waals surface area contributed by atoms with E-state index in [0.717, 1.165) is 68.0 Å². The van der Waals surface area contributed by atoms with Crippen LogP contribution in [0.4, 0.5) is 15.9 Å². The molecule has 39 heavy (non-hydrogen) atoms. The van der Waals surface area contributed by atoms with Crippen LogP contribution in [0.1, 0.15) is 106 Å². The average molecular weight is 535 g/mol. The summed E-state index contributed by atoms with van der Waals surface area (Å²) in [4.78, 5) is 14.1. The smallest absolute Gasteiger partial charge is 0.135 e. The van der Waals surface area contributed by atoms with Crippen molar-refractivity contribution in [3.05, 3.63) is 45.9 Å². The van der Waals surface area contributed by atoms with Gasteiger partial charge in [0.15, 0.2) is 0 Å². The first kappa shape index (κ1) is 29.3. The van der Waals surface area contributed by atoms with Crippen molar-refractivity contribution in [3.8, 4) is 6.07 Å². The molecule has 2 saturated heterocycles. The van der Waals surface area contributed by atoms with E-state index in [2.05, 4.69) is 56.6 Å². The number of hydrogen-bond acceptors (Lipinski definition) is 6. The highest BCUT2D eigenvalue weighted by Gasteiger charge is 2.44. The molecule has 0 bridgehead atoms. The number of rotatable bonds is 5. The van der Waals surface area contributed by atoms with Gasteiger partial charge in [0.05, 0.1) is 11.3 Å². The molecule has 4 atom stereocenters. The van der Waals surface area contributed by atoms with Crippen molar-refractivity contribution < 1.29 is 4.39 Å². The molecule has 6 nitrogen and oxygen atoms in total. The monoisotopic (exact) mass is 534 g/mol. The second-order valence-corrected chi connectivity index (χ2v) is 12.6. The zero-order valence-electron chi connectivity index (χ0n) is 25.1. The van der Waals surface area contributed by atoms with Gasteiger partial charge in [0.2, 0.25) is 0 Å². The number of aromatic nitrogens is 2. The van der Waals surface area contributed by atoms with Crippen molar-refractivity contribution in [1.82, 2.24) is 14.9 Å². The van der Waals surface area contributed by atoms with Crippen LogP contribution in [0.5, 0.6) is 0 Å². The maximum absolute atomic E-state index is 12.8. The van der Waals surface area contributed by atoms with Crippen molar-refractivity contribution in [1.29, 1.82) is 5.26 Å². The first-order chi connectivity index (χ1) is 18.5. The second-order valence-electron chi connectivity index (χ2n) is 12.6. The number of aryl methyl sites for hydroxylation is 1. The van der Waals surface area contributed by atoms with Gasteiger partial charge in [-0.25, -0.2) is 14.4 Å². The summed E-state index contributed by atoms with van der Waals surface area (Å²) in [5.74, 6) is 2.29. The first-order valence-corrected chi connectivity index (χ1v) is 14.7. The molecular formula is C32H47FN6. The average Bonchev–Trinajstić information content (AvgIpc) is 3.39. The Bertz CT molecular complexity index is 1240. The van der Waals surface area contributed by atoms with Gasteiger partial charge in [0.1, 0.15) is 23.9 Å². The lowest BCUT2D eigenvalue weighted by molar-refractivity contribution is 0.217. The minimum atomic E-state index is -0.551. The Labute approximate surface area is 234 Å². The summed E-state index contributed by atoms with van der Waals surface area (Å²) < 4.78 is 12.8. The van der Waals surface area contributed by atoms with Crippen molar-refractivity contribution in [3.63, 3.8) is 0 Å². The van der Waals surface area contributed by atoms with E-state index >= 15 is 0 Å². The largest absolute Gasteiger partial charge is 0.398 e. The Morgan fingerprint density at radius 1 is 1.23 bits per heavy atom. The van der Waals surface area contributed by atoms with Gasteiger partial charge in [0.25, 0.3) is 0 Å². The zero-order chi connectivity index (χ0) is 28.5. The third-order valence-electron chi connectivity index (χ3n) is 9.46. The Morgan fingerprint density at radius 2 is 1.97 bits per heavy atom. The van der Waals surface area contributed by atoms with E-state index in [4.69, 9.17) is 15.7 Å². The van der Waals surface area contributed by atoms with Gasteiger partial charge in [-0.2, -0.15) is 5.26 Å². The lowest BCUT2D eigenvalue weighted by atomic mass is 9.66. The molecular weight excluding hydrogens is 487 g/mol. The van der Waals surface area contributed by atoms with Crippen LogP contribution in [0, 0.1) is 11.3 Å². The summed E-state index contributed by atoms with van der Waals surface area (Å²) in [5.41, 5.74) is 12.3. The Hall–Kier alpha value is -2.72. The highest BCUT2D eigenvalue weighted by molar-refractivity contribution is 5.64. The van der Waals surface area contributed by atoms with Gasteiger partial charge < -0.3 is 10.6 Å². The van der Waals surface area contributed by atoms with E-state index in [9.17, 15) is 9.65 Å². The Morgan fingerprint density at radius 3 is 2.59 bits per heavy atom. The van der Waals surface area contributed by atoms with Crippen molar-refractivity contribution in [2.45, 2.75) is 109 Å². The van der Waals surface area contributed by atoms with E-state index in [-0.39, 0.29) is 11.0 Å². The predicted molar refractivity (Wildman–Crippen MR) is 158 cm³/mol. The fourth-order valence-electron chi connectivity index (χ4n) is 7.01. The maximum atomic E-state index is 12.8. The SMILES string of the molecule is CC12CCCN1CC(F)C2.CCc1nc2c(c(N(C)C)n1)CCC(C)(c1c(C(C)CC)ccc(N)c1C#N)C2. The summed E-state index contributed by atoms with van der Waals surface area (Å²) in [7, 11) is 4.09. The molecule has 7 heteroatoms. The van der Waals surface area contributed by atoms with E-state index in [1.54, 1.807) is 0 Å². The maximum Gasteiger partial charge on any atom is 0.135 e. The van der Waals surface area contributed by atoms with Crippen LogP contribution in [-0.4, -0.2) is 53.8 Å². The second kappa shape index (κ2) is 11.4. The van der Waals surface area contributed by atoms with E-state index in [1.165, 1.54) is 24.0 Å². The number of halogens is 1. The van der Waals surface area contributed by atoms with E-state index in [0.29, 0.717) is 23.7 Å². The van der Waals surface area contributed by atoms with Crippen LogP contribution in [0.2, 0.25) is 0 Å². The molecule has 1 aromatic heterocycles. The molecule has 5 rings (SSSR count). The van der Waals surface area contributed by atoms with Gasteiger partial charge in [-0.1, -0.05) is 33.8 Å². The molecule has 2 fully saturated rings. The highest BCUT2D eigenvalue weighted by atomic mass is 19.1. The molecule has 0 spiro atoms. The van der Waals surface area contributed by atoms with Gasteiger partial charge in [0, 0.05) is 49.3 Å². The van der Waals surface area contributed by atoms with Crippen LogP contribution in [0.15, 0.2) is 12.1 Å². The summed E-state index contributed by atoms with van der Waals surface area (Å²) in [5, 5.41) is 9.96. The number of alkyl halides is 1. The zero-order valence-corrected chi connectivity index (χ0v) is 25.1. The number of nitrogen functional groups attached to an aromatic ring is 1. The quantitative estimate of drug-likeness (QED) is 0.467. The number of nitriles is 1. The fraction of sp³-hybridized carbons (Fsp3) is 0.656. The molecule has 3 heterocycles. The predicted octanol–water partition coefficient (Wildman–Crippen LogP) is 6.10. The molecule has 1 aliphatic carbocycles. The standard InChI is InChI=1S/C24H33N5.C8H14FN/c1-7-15(3)16-9-10-19(26)18(14-25)22(16)24(4)12-11-17-20(13-24)27-21(8-2)28-23(17)29(5)6;1-8-3-2-4-10(8)6-7(9)5-8/h9-10,15H,7-8,11-13,26H2,1-6H3;7H,2-6H2,1H3. The van der Waals surface area contributed by atoms with Gasteiger partial charge in [-0.15, -0.1) is 0 Å². The van der Waals surface area contributed by atoms with Crippen LogP contribution in [0.25, 0.3) is 0 Å². The summed E-state index contributed by atoms with van der Waals surface area (Å²) in [6, 6.07) is 6.44. The molecule has 2 aliphatic heterocycles. The van der Waals surface area contributed by atoms with Crippen molar-refractivity contribution in [2.75, 3.05) is 37.8 Å². The summed E-state index contributed by atoms with van der Waals surface area (Å²) >= 11 is 0. The number of fused-ring (bicyclic) bond motifs is 2. The van der Waals surface area contributed by atoms with Crippen LogP contribution in [-0.2, 0) is 24.7 Å². The normalized spacial score (nSPS) is 26.7. The molecule has 0 amide bonds. The summed E-state index contributed by atoms with van der Waals surface area (Å²) in [6.45, 7) is 12.8. The first-order valence-electron chi connectivity index (χ1n) is 14.7. The number of anilines is 2. The molecule has 0 saturated carbocycles. The molecule has 3 aliphatic rings. The minimum absolute atomic E-state index is 0.171. The molecule has 0 radical (unpaired) electrons. The highest BCUT2D eigenvalue weighted by Crippen LogP contribution is 2.45. The van der Waals surface area contributed by atoms with E-state index in [1.807, 2.05) is 20.2 Å². The van der Waals surface area contributed by atoms with Crippen LogP contribution >= 0.6 is 0 Å². The van der Waals surface area contributed by atoms with Crippen LogP contribution in [0.3, 0.4) is 0 Å². The minimum Gasteiger partial charge on any atom is -0.398 e. The van der Waals surface area contributed by atoms with Gasteiger partial charge in [-0.3, -0.25) is 4.90 Å². The lowest BCUT2D eigenvalue weighted by Gasteiger charge is -2.39. The van der Waals surface area contributed by atoms with E-state index < -0.39 is 6.17 Å². The Balaban J connectivity index is 0.000000292. The Kier molecular flexibility index (Phi) is 8.56. The number of benzene rings is 1. The van der Waals surface area contributed by atoms with Crippen LogP contribution < -0.4 is 10.6 Å². The molecule has 4 unspecified atom stereocenters. The van der Waals surface area contributed by atoms with Crippen molar-refractivity contribution >= 4 is 11.5 Å². The molecule has 1 aromatic carbocycles. The third-order valence-corrected chi connectivity index (χ3v) is 9.46. The molecule has 2 N–H and O–H groups in total. The lowest BCUT2D eigenvalue weighted by Crippen LogP contribution is -2.35.